The van der Waals surface area contributed by atoms with Crippen molar-refractivity contribution in [1.82, 2.24) is 0 Å². The molecule has 0 aromatic carbocycles. The first-order valence-corrected chi connectivity index (χ1v) is 15.1. The van der Waals surface area contributed by atoms with Crippen LogP contribution in [-0.4, -0.2) is 22.4 Å². The summed E-state index contributed by atoms with van der Waals surface area (Å²) in [4.78, 5) is 0. The summed E-state index contributed by atoms with van der Waals surface area (Å²) in [5.74, 6) is 4.25. The normalized spacial score (nSPS) is 51.6. The van der Waals surface area contributed by atoms with Crippen LogP contribution in [0.2, 0.25) is 0 Å². The summed E-state index contributed by atoms with van der Waals surface area (Å²) in [6, 6.07) is 0. The van der Waals surface area contributed by atoms with Crippen LogP contribution in [0.4, 0.5) is 0 Å². The van der Waals surface area contributed by atoms with Gasteiger partial charge in [-0.15, -0.1) is 0 Å². The quantitative estimate of drug-likeness (QED) is 0.413. The molecule has 0 aromatic rings. The van der Waals surface area contributed by atoms with Crippen molar-refractivity contribution in [2.45, 2.75) is 132 Å². The Bertz CT molecular complexity index is 803. The van der Waals surface area contributed by atoms with E-state index in [1.165, 1.54) is 51.4 Å². The molecule has 0 radical (unpaired) electrons. The van der Waals surface area contributed by atoms with Crippen molar-refractivity contribution in [2.24, 2.45) is 62.6 Å². The Labute approximate surface area is 211 Å². The van der Waals surface area contributed by atoms with Crippen LogP contribution in [0.5, 0.6) is 0 Å². The van der Waals surface area contributed by atoms with Gasteiger partial charge in [0.25, 0.3) is 0 Å². The summed E-state index contributed by atoms with van der Waals surface area (Å²) in [5.41, 5.74) is 1.85. The molecular formula is C32H56O2. The zero-order valence-corrected chi connectivity index (χ0v) is 23.8. The van der Waals surface area contributed by atoms with Crippen LogP contribution in [0.25, 0.3) is 0 Å². The minimum absolute atomic E-state index is 0.104. The van der Waals surface area contributed by atoms with Crippen molar-refractivity contribution in [2.75, 3.05) is 6.61 Å². The predicted octanol–water partition coefficient (Wildman–Crippen LogP) is 7.86. The Morgan fingerprint density at radius 1 is 0.824 bits per heavy atom. The lowest BCUT2D eigenvalue weighted by Crippen LogP contribution is -2.56. The van der Waals surface area contributed by atoms with Gasteiger partial charge in [-0.05, 0) is 133 Å². The minimum atomic E-state index is -0.919. The molecule has 5 aliphatic carbocycles. The average Bonchev–Trinajstić information content (AvgIpc) is 3.37. The fraction of sp³-hybridized carbons (Fsp3) is 1.00. The molecule has 34 heavy (non-hydrogen) atoms. The monoisotopic (exact) mass is 472 g/mol. The van der Waals surface area contributed by atoms with E-state index in [1.54, 1.807) is 6.42 Å². The molecule has 0 saturated heterocycles. The SMILES string of the molecule is CC(C)C(O)(CO)CC[C@@H](C)[C@H]1CC[C@@]2(C)C3CCC4C(C)(C)[C@@H](C)CC[C@@]45C[C@@]35CC[C@]12C. The molecule has 196 valence electrons. The molecule has 5 aliphatic rings. The van der Waals surface area contributed by atoms with E-state index in [1.807, 2.05) is 13.8 Å². The molecule has 2 nitrogen and oxygen atoms in total. The molecule has 5 saturated carbocycles. The van der Waals surface area contributed by atoms with Gasteiger partial charge in [0.05, 0.1) is 12.2 Å². The van der Waals surface area contributed by atoms with Crippen LogP contribution >= 0.6 is 0 Å². The van der Waals surface area contributed by atoms with Gasteiger partial charge < -0.3 is 10.2 Å². The minimum Gasteiger partial charge on any atom is -0.393 e. The Morgan fingerprint density at radius 2 is 1.47 bits per heavy atom. The molecule has 10 atom stereocenters. The summed E-state index contributed by atoms with van der Waals surface area (Å²) in [7, 11) is 0. The van der Waals surface area contributed by atoms with Gasteiger partial charge in [-0.25, -0.2) is 0 Å². The number of hydrogen-bond donors (Lipinski definition) is 2. The van der Waals surface area contributed by atoms with Crippen LogP contribution in [0.1, 0.15) is 126 Å². The van der Waals surface area contributed by atoms with Crippen molar-refractivity contribution < 1.29 is 10.2 Å². The molecule has 5 fully saturated rings. The van der Waals surface area contributed by atoms with Crippen LogP contribution < -0.4 is 0 Å². The molecule has 0 bridgehead atoms. The molecular weight excluding hydrogens is 416 g/mol. The lowest BCUT2D eigenvalue weighted by molar-refractivity contribution is -0.150. The number of aliphatic hydroxyl groups is 2. The van der Waals surface area contributed by atoms with E-state index in [9.17, 15) is 10.2 Å². The second kappa shape index (κ2) is 7.72. The number of hydrogen-bond acceptors (Lipinski definition) is 2. The van der Waals surface area contributed by atoms with Crippen molar-refractivity contribution in [3.8, 4) is 0 Å². The standard InChI is InChI=1S/C32H56O2/c1-21(2)32(34,20-33)16-11-22(3)24-13-14-29(8)26-10-9-25-27(5,6)23(4)12-15-30(25)19-31(26,30)18-17-28(24,29)7/h21-26,33-34H,9-20H2,1-8H3/t22-,23+,24-,25?,26?,28-,29+,30-,31+,32?/m1/s1. The Kier molecular flexibility index (Phi) is 5.80. The second-order valence-corrected chi connectivity index (χ2v) is 15.8. The third-order valence-corrected chi connectivity index (χ3v) is 14.8. The molecule has 0 amide bonds. The summed E-state index contributed by atoms with van der Waals surface area (Å²) < 4.78 is 0. The van der Waals surface area contributed by atoms with E-state index in [0.29, 0.717) is 33.0 Å². The maximum atomic E-state index is 11.0. The van der Waals surface area contributed by atoms with Crippen molar-refractivity contribution in [3.05, 3.63) is 0 Å². The van der Waals surface area contributed by atoms with Gasteiger partial charge in [0, 0.05) is 0 Å². The van der Waals surface area contributed by atoms with Gasteiger partial charge >= 0.3 is 0 Å². The highest BCUT2D eigenvalue weighted by atomic mass is 16.3. The fourth-order valence-corrected chi connectivity index (χ4v) is 11.7. The summed E-state index contributed by atoms with van der Waals surface area (Å²) in [5, 5.41) is 20.8. The first kappa shape index (κ1) is 25.6. The first-order valence-electron chi connectivity index (χ1n) is 15.1. The Hall–Kier alpha value is -0.0800. The van der Waals surface area contributed by atoms with Gasteiger partial charge in [-0.3, -0.25) is 0 Å². The highest BCUT2D eigenvalue weighted by molar-refractivity contribution is 5.30. The van der Waals surface area contributed by atoms with Crippen molar-refractivity contribution in [1.29, 1.82) is 0 Å². The second-order valence-electron chi connectivity index (χ2n) is 15.8. The third-order valence-electron chi connectivity index (χ3n) is 14.8. The van der Waals surface area contributed by atoms with Gasteiger partial charge in [-0.1, -0.05) is 55.4 Å². The fourth-order valence-electron chi connectivity index (χ4n) is 11.7. The van der Waals surface area contributed by atoms with Crippen LogP contribution in [-0.2, 0) is 0 Å². The largest absolute Gasteiger partial charge is 0.393 e. The van der Waals surface area contributed by atoms with Gasteiger partial charge in [0.1, 0.15) is 0 Å². The smallest absolute Gasteiger partial charge is 0.0900 e. The molecule has 0 heterocycles. The highest BCUT2D eigenvalue weighted by Gasteiger charge is 2.81. The highest BCUT2D eigenvalue weighted by Crippen LogP contribution is 2.89. The molecule has 2 heteroatoms. The van der Waals surface area contributed by atoms with Crippen LogP contribution in [0, 0.1) is 62.6 Å². The zero-order valence-electron chi connectivity index (χ0n) is 23.8. The number of rotatable bonds is 6. The average molecular weight is 473 g/mol. The Balaban J connectivity index is 1.37. The zero-order chi connectivity index (χ0) is 24.9. The van der Waals surface area contributed by atoms with E-state index in [4.69, 9.17) is 0 Å². The maximum absolute atomic E-state index is 11.0. The lowest BCUT2D eigenvalue weighted by atomic mass is 9.41. The third kappa shape index (κ3) is 3.00. The lowest BCUT2D eigenvalue weighted by Gasteiger charge is -2.63. The van der Waals surface area contributed by atoms with E-state index in [2.05, 4.69) is 41.5 Å². The van der Waals surface area contributed by atoms with Gasteiger partial charge in [-0.2, -0.15) is 0 Å². The van der Waals surface area contributed by atoms with E-state index in [0.717, 1.165) is 36.5 Å². The maximum Gasteiger partial charge on any atom is 0.0900 e. The van der Waals surface area contributed by atoms with E-state index < -0.39 is 5.60 Å². The van der Waals surface area contributed by atoms with Crippen molar-refractivity contribution >= 4 is 0 Å². The summed E-state index contributed by atoms with van der Waals surface area (Å²) in [6.07, 6.45) is 15.0. The van der Waals surface area contributed by atoms with E-state index >= 15 is 0 Å². The topological polar surface area (TPSA) is 40.5 Å². The number of fused-ring (bicyclic) bond motifs is 2. The van der Waals surface area contributed by atoms with Gasteiger partial charge in [0.15, 0.2) is 0 Å². The summed E-state index contributed by atoms with van der Waals surface area (Å²) >= 11 is 0. The van der Waals surface area contributed by atoms with Crippen LogP contribution in [0.15, 0.2) is 0 Å². The molecule has 0 aliphatic heterocycles. The van der Waals surface area contributed by atoms with Crippen molar-refractivity contribution in [3.63, 3.8) is 0 Å². The Morgan fingerprint density at radius 3 is 2.12 bits per heavy atom. The van der Waals surface area contributed by atoms with E-state index in [-0.39, 0.29) is 12.5 Å². The molecule has 0 aromatic heterocycles. The first-order chi connectivity index (χ1) is 15.7. The molecule has 2 spiro atoms. The predicted molar refractivity (Wildman–Crippen MR) is 141 cm³/mol. The molecule has 3 unspecified atom stereocenters. The van der Waals surface area contributed by atoms with Gasteiger partial charge in [0.2, 0.25) is 0 Å². The molecule has 2 N–H and O–H groups in total. The molecule has 5 rings (SSSR count). The summed E-state index contributed by atoms with van der Waals surface area (Å²) in [6.45, 7) is 19.6. The van der Waals surface area contributed by atoms with Crippen LogP contribution in [0.3, 0.4) is 0 Å². The number of aliphatic hydroxyl groups excluding tert-OH is 1.